The molecule has 0 aliphatic heterocycles. The molecular formula is C57H37N5. The van der Waals surface area contributed by atoms with Crippen LogP contribution in [0.15, 0.2) is 224 Å². The molecule has 62 heavy (non-hydrogen) atoms. The number of aromatic nitrogens is 5. The summed E-state index contributed by atoms with van der Waals surface area (Å²) in [4.78, 5) is 15.3. The molecule has 0 radical (unpaired) electrons. The van der Waals surface area contributed by atoms with Crippen LogP contribution in [-0.4, -0.2) is 24.1 Å². The van der Waals surface area contributed by atoms with Crippen LogP contribution < -0.4 is 0 Å². The Balaban J connectivity index is 1.01. The molecule has 3 aromatic heterocycles. The van der Waals surface area contributed by atoms with Gasteiger partial charge >= 0.3 is 0 Å². The van der Waals surface area contributed by atoms with Crippen LogP contribution in [0.25, 0.3) is 111 Å². The fourth-order valence-corrected chi connectivity index (χ4v) is 9.12. The minimum absolute atomic E-state index is 0.616. The summed E-state index contributed by atoms with van der Waals surface area (Å²) >= 11 is 0. The Morgan fingerprint density at radius 2 is 0.742 bits per heavy atom. The van der Waals surface area contributed by atoms with Crippen LogP contribution in [0.5, 0.6) is 0 Å². The average molecular weight is 792 g/mol. The summed E-state index contributed by atoms with van der Waals surface area (Å²) in [6.45, 7) is 0. The number of nitrogens with zero attached hydrogens (tertiary/aromatic N) is 5. The second-order valence-electron chi connectivity index (χ2n) is 15.6. The van der Waals surface area contributed by atoms with Gasteiger partial charge in [-0.3, -0.25) is 0 Å². The molecule has 290 valence electrons. The molecule has 0 amide bonds. The van der Waals surface area contributed by atoms with Crippen LogP contribution in [0.4, 0.5) is 0 Å². The van der Waals surface area contributed by atoms with Crippen molar-refractivity contribution in [2.75, 3.05) is 0 Å². The van der Waals surface area contributed by atoms with Crippen LogP contribution in [0.3, 0.4) is 0 Å². The molecule has 9 aromatic carbocycles. The summed E-state index contributed by atoms with van der Waals surface area (Å²) in [6, 6.07) is 79.3. The Labute approximate surface area is 358 Å². The number of hydrogen-bond donors (Lipinski definition) is 0. The molecule has 5 nitrogen and oxygen atoms in total. The smallest absolute Gasteiger partial charge is 0.164 e. The molecule has 0 N–H and O–H groups in total. The topological polar surface area (TPSA) is 48.5 Å². The zero-order valence-corrected chi connectivity index (χ0v) is 33.6. The summed E-state index contributed by atoms with van der Waals surface area (Å²) in [5.74, 6) is 1.88. The zero-order chi connectivity index (χ0) is 41.0. The van der Waals surface area contributed by atoms with E-state index < -0.39 is 0 Å². The first-order valence-corrected chi connectivity index (χ1v) is 20.9. The maximum atomic E-state index is 5.16. The van der Waals surface area contributed by atoms with Gasteiger partial charge in [-0.2, -0.15) is 0 Å². The van der Waals surface area contributed by atoms with Gasteiger partial charge in [-0.25, -0.2) is 15.0 Å². The molecule has 5 heteroatoms. The van der Waals surface area contributed by atoms with Crippen molar-refractivity contribution in [3.8, 4) is 67.8 Å². The third-order valence-corrected chi connectivity index (χ3v) is 12.0. The standard InChI is InChI=1S/C57H37N5/c1-4-17-38(18-5-1)40-21-14-22-42(35-40)56-58-55(39-19-6-2-7-20-39)59-57(60-56)43-23-15-26-45(36-43)61-51-31-12-11-28-48(51)50-37-41(33-34-53(50)61)46-29-16-30-49-47-27-10-13-32-52(47)62(54(46)49)44-24-8-3-9-25-44/h1-37H. The molecule has 12 rings (SSSR count). The van der Waals surface area contributed by atoms with E-state index in [4.69, 9.17) is 15.0 Å². The van der Waals surface area contributed by atoms with Crippen molar-refractivity contribution in [2.24, 2.45) is 0 Å². The lowest BCUT2D eigenvalue weighted by molar-refractivity contribution is 1.07. The van der Waals surface area contributed by atoms with E-state index in [0.29, 0.717) is 17.5 Å². The zero-order valence-electron chi connectivity index (χ0n) is 33.6. The van der Waals surface area contributed by atoms with Gasteiger partial charge in [0.05, 0.1) is 22.1 Å². The molecule has 0 aliphatic rings. The first kappa shape index (κ1) is 35.5. The average Bonchev–Trinajstić information content (AvgIpc) is 3.88. The normalized spacial score (nSPS) is 11.5. The Bertz CT molecular complexity index is 3620. The number of hydrogen-bond acceptors (Lipinski definition) is 3. The molecule has 0 spiro atoms. The second-order valence-corrected chi connectivity index (χ2v) is 15.6. The highest BCUT2D eigenvalue weighted by Gasteiger charge is 2.20. The van der Waals surface area contributed by atoms with Crippen molar-refractivity contribution in [2.45, 2.75) is 0 Å². The number of para-hydroxylation sites is 4. The summed E-state index contributed by atoms with van der Waals surface area (Å²) in [7, 11) is 0. The highest BCUT2D eigenvalue weighted by atomic mass is 15.0. The van der Waals surface area contributed by atoms with Crippen molar-refractivity contribution >= 4 is 43.6 Å². The van der Waals surface area contributed by atoms with Crippen molar-refractivity contribution in [1.29, 1.82) is 0 Å². The maximum absolute atomic E-state index is 5.16. The molecule has 0 bridgehead atoms. The third-order valence-electron chi connectivity index (χ3n) is 12.0. The van der Waals surface area contributed by atoms with E-state index in [0.717, 1.165) is 50.2 Å². The lowest BCUT2D eigenvalue weighted by atomic mass is 10.00. The minimum Gasteiger partial charge on any atom is -0.309 e. The van der Waals surface area contributed by atoms with E-state index in [-0.39, 0.29) is 0 Å². The minimum atomic E-state index is 0.616. The summed E-state index contributed by atoms with van der Waals surface area (Å²) in [6.07, 6.45) is 0. The lowest BCUT2D eigenvalue weighted by Gasteiger charge is -2.13. The monoisotopic (exact) mass is 791 g/mol. The van der Waals surface area contributed by atoms with Gasteiger partial charge in [0.25, 0.3) is 0 Å². The summed E-state index contributed by atoms with van der Waals surface area (Å²) in [5, 5.41) is 4.86. The lowest BCUT2D eigenvalue weighted by Crippen LogP contribution is -2.01. The van der Waals surface area contributed by atoms with Crippen LogP contribution in [0.1, 0.15) is 0 Å². The maximum Gasteiger partial charge on any atom is 0.164 e. The predicted molar refractivity (Wildman–Crippen MR) is 256 cm³/mol. The molecule has 3 heterocycles. The van der Waals surface area contributed by atoms with Gasteiger partial charge in [0, 0.05) is 55.2 Å². The third kappa shape index (κ3) is 5.98. The van der Waals surface area contributed by atoms with Gasteiger partial charge < -0.3 is 9.13 Å². The van der Waals surface area contributed by atoms with Gasteiger partial charge in [0.2, 0.25) is 0 Å². The van der Waals surface area contributed by atoms with Crippen molar-refractivity contribution in [3.05, 3.63) is 224 Å². The van der Waals surface area contributed by atoms with Gasteiger partial charge in [0.15, 0.2) is 17.5 Å². The highest BCUT2D eigenvalue weighted by Crippen LogP contribution is 2.41. The van der Waals surface area contributed by atoms with Gasteiger partial charge in [-0.05, 0) is 71.3 Å². The van der Waals surface area contributed by atoms with E-state index in [1.165, 1.54) is 43.7 Å². The van der Waals surface area contributed by atoms with Crippen LogP contribution >= 0.6 is 0 Å². The Morgan fingerprint density at radius 1 is 0.258 bits per heavy atom. The number of fused-ring (bicyclic) bond motifs is 6. The van der Waals surface area contributed by atoms with E-state index in [9.17, 15) is 0 Å². The van der Waals surface area contributed by atoms with Crippen LogP contribution in [0, 0.1) is 0 Å². The first-order chi connectivity index (χ1) is 30.7. The summed E-state index contributed by atoms with van der Waals surface area (Å²) < 4.78 is 4.78. The first-order valence-electron chi connectivity index (χ1n) is 20.9. The van der Waals surface area contributed by atoms with Crippen molar-refractivity contribution in [1.82, 2.24) is 24.1 Å². The van der Waals surface area contributed by atoms with E-state index in [1.807, 2.05) is 36.4 Å². The number of benzene rings is 9. The molecule has 0 fully saturated rings. The molecule has 0 aliphatic carbocycles. The molecule has 0 saturated carbocycles. The van der Waals surface area contributed by atoms with Crippen LogP contribution in [-0.2, 0) is 0 Å². The Hall–Kier alpha value is -8.41. The highest BCUT2D eigenvalue weighted by molar-refractivity contribution is 6.15. The quantitative estimate of drug-likeness (QED) is 0.162. The van der Waals surface area contributed by atoms with Gasteiger partial charge in [-0.15, -0.1) is 0 Å². The fraction of sp³-hybridized carbons (Fsp3) is 0. The Kier molecular flexibility index (Phi) is 8.42. The van der Waals surface area contributed by atoms with E-state index >= 15 is 0 Å². The van der Waals surface area contributed by atoms with Crippen molar-refractivity contribution in [3.63, 3.8) is 0 Å². The Morgan fingerprint density at radius 3 is 1.47 bits per heavy atom. The summed E-state index contributed by atoms with van der Waals surface area (Å²) in [5.41, 5.74) is 14.2. The van der Waals surface area contributed by atoms with Crippen LogP contribution in [0.2, 0.25) is 0 Å². The molecule has 0 unspecified atom stereocenters. The largest absolute Gasteiger partial charge is 0.309 e. The molecule has 0 atom stereocenters. The fourth-order valence-electron chi connectivity index (χ4n) is 9.12. The van der Waals surface area contributed by atoms with E-state index in [2.05, 4.69) is 197 Å². The van der Waals surface area contributed by atoms with E-state index in [1.54, 1.807) is 0 Å². The molecule has 12 aromatic rings. The second kappa shape index (κ2) is 14.7. The SMILES string of the molecule is c1ccc(-c2cccc(-c3nc(-c4ccccc4)nc(-c4cccc(-n5c6ccccc6c6cc(-c7cccc8c9ccccc9n(-c9ccccc9)c78)ccc65)c4)n3)c2)cc1. The molecular weight excluding hydrogens is 755 g/mol. The predicted octanol–water partition coefficient (Wildman–Crippen LogP) is 14.4. The van der Waals surface area contributed by atoms with Gasteiger partial charge in [-0.1, -0.05) is 170 Å². The number of rotatable bonds is 7. The van der Waals surface area contributed by atoms with Crippen molar-refractivity contribution < 1.29 is 0 Å². The molecule has 0 saturated heterocycles. The van der Waals surface area contributed by atoms with Gasteiger partial charge in [0.1, 0.15) is 0 Å².